The zero-order valence-corrected chi connectivity index (χ0v) is 7.89. The van der Waals surface area contributed by atoms with Crippen molar-refractivity contribution >= 4 is 0 Å². The second-order valence-corrected chi connectivity index (χ2v) is 2.97. The Morgan fingerprint density at radius 2 is 1.91 bits per heavy atom. The molecule has 0 aliphatic carbocycles. The van der Waals surface area contributed by atoms with Gasteiger partial charge in [0.05, 0.1) is 12.2 Å². The van der Waals surface area contributed by atoms with Crippen LogP contribution in [0.3, 0.4) is 0 Å². The summed E-state index contributed by atoms with van der Waals surface area (Å²) in [7, 11) is 0. The van der Waals surface area contributed by atoms with Crippen molar-refractivity contribution < 1.29 is 9.84 Å². The summed E-state index contributed by atoms with van der Waals surface area (Å²) in [5.41, 5.74) is -0.579. The summed E-state index contributed by atoms with van der Waals surface area (Å²) in [6.45, 7) is 7.18. The molecule has 0 aromatic rings. The molecule has 0 radical (unpaired) electrons. The molecule has 0 aliphatic rings. The van der Waals surface area contributed by atoms with Gasteiger partial charge in [0.1, 0.15) is 0 Å². The summed E-state index contributed by atoms with van der Waals surface area (Å²) < 4.78 is 5.19. The molecule has 0 rings (SSSR count). The molecular formula is C9H20O2. The van der Waals surface area contributed by atoms with Crippen molar-refractivity contribution in [3.8, 4) is 0 Å². The Morgan fingerprint density at radius 3 is 2.27 bits per heavy atom. The Balaban J connectivity index is 3.68. The standard InChI is InChI=1S/C9H20O2/c1-4-7-9(10,5-2)8-11-6-3/h10H,4-8H2,1-3H3. The summed E-state index contributed by atoms with van der Waals surface area (Å²) in [6.07, 6.45) is 2.63. The van der Waals surface area contributed by atoms with E-state index in [-0.39, 0.29) is 0 Å². The predicted octanol–water partition coefficient (Wildman–Crippen LogP) is 1.96. The minimum absolute atomic E-state index is 0.480. The van der Waals surface area contributed by atoms with Crippen LogP contribution in [-0.4, -0.2) is 23.9 Å². The van der Waals surface area contributed by atoms with Gasteiger partial charge < -0.3 is 9.84 Å². The van der Waals surface area contributed by atoms with Gasteiger partial charge in [-0.3, -0.25) is 0 Å². The maximum Gasteiger partial charge on any atom is 0.0877 e. The maximum absolute atomic E-state index is 9.83. The van der Waals surface area contributed by atoms with Crippen molar-refractivity contribution in [3.05, 3.63) is 0 Å². The molecule has 0 saturated carbocycles. The zero-order chi connectivity index (χ0) is 8.74. The van der Waals surface area contributed by atoms with Gasteiger partial charge in [-0.1, -0.05) is 20.3 Å². The second-order valence-electron chi connectivity index (χ2n) is 2.97. The van der Waals surface area contributed by atoms with Gasteiger partial charge in [0.15, 0.2) is 0 Å². The normalized spacial score (nSPS) is 16.4. The highest BCUT2D eigenvalue weighted by Gasteiger charge is 2.22. The first kappa shape index (κ1) is 10.9. The van der Waals surface area contributed by atoms with E-state index in [4.69, 9.17) is 4.74 Å². The van der Waals surface area contributed by atoms with Gasteiger partial charge in [-0.15, -0.1) is 0 Å². The molecule has 68 valence electrons. The van der Waals surface area contributed by atoms with Gasteiger partial charge >= 0.3 is 0 Å². The van der Waals surface area contributed by atoms with Gasteiger partial charge in [-0.05, 0) is 19.8 Å². The van der Waals surface area contributed by atoms with Crippen LogP contribution in [0.5, 0.6) is 0 Å². The summed E-state index contributed by atoms with van der Waals surface area (Å²) >= 11 is 0. The first-order valence-electron chi connectivity index (χ1n) is 4.48. The molecular weight excluding hydrogens is 140 g/mol. The number of aliphatic hydroxyl groups is 1. The van der Waals surface area contributed by atoms with E-state index < -0.39 is 5.60 Å². The van der Waals surface area contributed by atoms with Gasteiger partial charge in [-0.2, -0.15) is 0 Å². The molecule has 0 aromatic heterocycles. The zero-order valence-electron chi connectivity index (χ0n) is 7.89. The molecule has 0 aliphatic heterocycles. The van der Waals surface area contributed by atoms with Crippen molar-refractivity contribution in [1.29, 1.82) is 0 Å². The van der Waals surface area contributed by atoms with E-state index >= 15 is 0 Å². The van der Waals surface area contributed by atoms with Crippen molar-refractivity contribution in [1.82, 2.24) is 0 Å². The van der Waals surface area contributed by atoms with Crippen LogP contribution in [0.4, 0.5) is 0 Å². The highest BCUT2D eigenvalue weighted by Crippen LogP contribution is 2.17. The minimum Gasteiger partial charge on any atom is -0.387 e. The van der Waals surface area contributed by atoms with Crippen molar-refractivity contribution in [2.45, 2.75) is 45.6 Å². The third-order valence-electron chi connectivity index (χ3n) is 1.95. The van der Waals surface area contributed by atoms with Crippen LogP contribution in [0.1, 0.15) is 40.0 Å². The lowest BCUT2D eigenvalue weighted by Crippen LogP contribution is -2.33. The molecule has 2 heteroatoms. The Bertz CT molecular complexity index is 93.6. The van der Waals surface area contributed by atoms with E-state index in [0.29, 0.717) is 13.2 Å². The molecule has 1 unspecified atom stereocenters. The van der Waals surface area contributed by atoms with E-state index in [2.05, 4.69) is 6.92 Å². The molecule has 0 spiro atoms. The Labute approximate surface area is 69.6 Å². The molecule has 0 heterocycles. The number of hydrogen-bond donors (Lipinski definition) is 1. The highest BCUT2D eigenvalue weighted by molar-refractivity contribution is 4.75. The third-order valence-corrected chi connectivity index (χ3v) is 1.95. The fraction of sp³-hybridized carbons (Fsp3) is 1.00. The lowest BCUT2D eigenvalue weighted by Gasteiger charge is -2.25. The molecule has 0 amide bonds. The van der Waals surface area contributed by atoms with Crippen molar-refractivity contribution in [2.24, 2.45) is 0 Å². The largest absolute Gasteiger partial charge is 0.387 e. The number of ether oxygens (including phenoxy) is 1. The summed E-state index contributed by atoms with van der Waals surface area (Å²) in [6, 6.07) is 0. The van der Waals surface area contributed by atoms with Crippen LogP contribution in [-0.2, 0) is 4.74 Å². The Kier molecular flexibility index (Phi) is 5.51. The molecule has 0 aromatic carbocycles. The van der Waals surface area contributed by atoms with Gasteiger partial charge in [-0.25, -0.2) is 0 Å². The van der Waals surface area contributed by atoms with Gasteiger partial charge in [0, 0.05) is 6.61 Å². The SMILES string of the molecule is CCCC(O)(CC)COCC. The number of rotatable bonds is 6. The molecule has 0 fully saturated rings. The molecule has 2 nitrogen and oxygen atoms in total. The first-order valence-corrected chi connectivity index (χ1v) is 4.48. The monoisotopic (exact) mass is 160 g/mol. The Morgan fingerprint density at radius 1 is 1.27 bits per heavy atom. The average Bonchev–Trinajstić information content (AvgIpc) is 2.02. The fourth-order valence-corrected chi connectivity index (χ4v) is 1.11. The summed E-state index contributed by atoms with van der Waals surface area (Å²) in [5, 5.41) is 9.83. The van der Waals surface area contributed by atoms with E-state index in [1.54, 1.807) is 0 Å². The van der Waals surface area contributed by atoms with Gasteiger partial charge in [0.25, 0.3) is 0 Å². The highest BCUT2D eigenvalue weighted by atomic mass is 16.5. The summed E-state index contributed by atoms with van der Waals surface area (Å²) in [5.74, 6) is 0. The van der Waals surface area contributed by atoms with Crippen LogP contribution in [0.2, 0.25) is 0 Å². The summed E-state index contributed by atoms with van der Waals surface area (Å²) in [4.78, 5) is 0. The van der Waals surface area contributed by atoms with E-state index in [0.717, 1.165) is 19.3 Å². The lowest BCUT2D eigenvalue weighted by atomic mass is 9.96. The average molecular weight is 160 g/mol. The fourth-order valence-electron chi connectivity index (χ4n) is 1.11. The van der Waals surface area contributed by atoms with Crippen LogP contribution in [0, 0.1) is 0 Å². The second kappa shape index (κ2) is 5.56. The minimum atomic E-state index is -0.579. The maximum atomic E-state index is 9.83. The lowest BCUT2D eigenvalue weighted by molar-refractivity contribution is -0.0516. The van der Waals surface area contributed by atoms with Crippen LogP contribution in [0.25, 0.3) is 0 Å². The van der Waals surface area contributed by atoms with Crippen LogP contribution >= 0.6 is 0 Å². The van der Waals surface area contributed by atoms with Crippen molar-refractivity contribution in [3.63, 3.8) is 0 Å². The molecule has 11 heavy (non-hydrogen) atoms. The van der Waals surface area contributed by atoms with Crippen molar-refractivity contribution in [2.75, 3.05) is 13.2 Å². The molecule has 1 N–H and O–H groups in total. The third kappa shape index (κ3) is 4.38. The first-order chi connectivity index (χ1) is 5.18. The van der Waals surface area contributed by atoms with Gasteiger partial charge in [0.2, 0.25) is 0 Å². The quantitative estimate of drug-likeness (QED) is 0.643. The molecule has 1 atom stereocenters. The van der Waals surface area contributed by atoms with E-state index in [9.17, 15) is 5.11 Å². The van der Waals surface area contributed by atoms with Crippen LogP contribution < -0.4 is 0 Å². The van der Waals surface area contributed by atoms with Crippen LogP contribution in [0.15, 0.2) is 0 Å². The predicted molar refractivity (Wildman–Crippen MR) is 46.6 cm³/mol. The Hall–Kier alpha value is -0.0800. The van der Waals surface area contributed by atoms with E-state index in [1.807, 2.05) is 13.8 Å². The smallest absolute Gasteiger partial charge is 0.0877 e. The molecule has 0 saturated heterocycles. The molecule has 0 bridgehead atoms. The van der Waals surface area contributed by atoms with E-state index in [1.165, 1.54) is 0 Å². The topological polar surface area (TPSA) is 29.5 Å². The number of hydrogen-bond acceptors (Lipinski definition) is 2.